The van der Waals surface area contributed by atoms with Gasteiger partial charge in [0.1, 0.15) is 5.75 Å². The third kappa shape index (κ3) is 4.85. The summed E-state index contributed by atoms with van der Waals surface area (Å²) in [6.45, 7) is 0. The fourth-order valence-corrected chi connectivity index (χ4v) is 3.58. The number of alkyl halides is 3. The number of nitrogens with one attached hydrogen (secondary N) is 1. The van der Waals surface area contributed by atoms with Crippen LogP contribution in [0.15, 0.2) is 52.7 Å². The van der Waals surface area contributed by atoms with Gasteiger partial charge in [0.25, 0.3) is 0 Å². The molecule has 0 saturated carbocycles. The van der Waals surface area contributed by atoms with Gasteiger partial charge in [-0.3, -0.25) is 4.79 Å². The molecule has 2 aromatic carbocycles. The van der Waals surface area contributed by atoms with Gasteiger partial charge in [0, 0.05) is 10.6 Å². The Kier molecular flexibility index (Phi) is 5.95. The molecule has 1 atom stereocenters. The first kappa shape index (κ1) is 20.2. The van der Waals surface area contributed by atoms with Crippen molar-refractivity contribution in [3.05, 3.63) is 64.2 Å². The van der Waals surface area contributed by atoms with Gasteiger partial charge in [-0.15, -0.1) is 5.10 Å². The van der Waals surface area contributed by atoms with Crippen molar-refractivity contribution >= 4 is 40.7 Å². The van der Waals surface area contributed by atoms with E-state index in [9.17, 15) is 23.1 Å². The second-order valence-corrected chi connectivity index (χ2v) is 7.41. The largest absolute Gasteiger partial charge is 0.507 e. The molecule has 1 fully saturated rings. The van der Waals surface area contributed by atoms with Gasteiger partial charge in [-0.1, -0.05) is 35.5 Å². The number of thioether (sulfide) groups is 1. The molecule has 1 heterocycles. The summed E-state index contributed by atoms with van der Waals surface area (Å²) in [5.41, 5.74) is -0.145. The Morgan fingerprint density at radius 2 is 2.00 bits per heavy atom. The quantitative estimate of drug-likeness (QED) is 0.566. The molecule has 28 heavy (non-hydrogen) atoms. The fourth-order valence-electron chi connectivity index (χ4n) is 2.43. The molecule has 0 radical (unpaired) electrons. The van der Waals surface area contributed by atoms with Crippen LogP contribution in [0.25, 0.3) is 0 Å². The summed E-state index contributed by atoms with van der Waals surface area (Å²) in [4.78, 5) is 12.1. The minimum absolute atomic E-state index is 0.0153. The van der Waals surface area contributed by atoms with Gasteiger partial charge < -0.3 is 10.4 Å². The van der Waals surface area contributed by atoms with E-state index in [-0.39, 0.29) is 27.9 Å². The number of benzene rings is 2. The van der Waals surface area contributed by atoms with Gasteiger partial charge in [0.15, 0.2) is 5.17 Å². The number of hydrogen-bond donors (Lipinski definition) is 2. The predicted molar refractivity (Wildman–Crippen MR) is 103 cm³/mol. The van der Waals surface area contributed by atoms with E-state index in [1.54, 1.807) is 18.2 Å². The Morgan fingerprint density at radius 3 is 2.71 bits per heavy atom. The lowest BCUT2D eigenvalue weighted by Crippen LogP contribution is -2.26. The third-order valence-electron chi connectivity index (χ3n) is 3.84. The summed E-state index contributed by atoms with van der Waals surface area (Å²) in [6, 6.07) is 9.52. The summed E-state index contributed by atoms with van der Waals surface area (Å²) >= 11 is 7.04. The topological polar surface area (TPSA) is 74.0 Å². The SMILES string of the molecule is O=C1N/C(=N/N=C/c2ccccc2O)S[C@@H]1Cc1cc(C(F)(F)F)ccc1Cl. The first-order valence-electron chi connectivity index (χ1n) is 7.96. The summed E-state index contributed by atoms with van der Waals surface area (Å²) in [7, 11) is 0. The molecular formula is C18H13ClF3N3O2S. The third-order valence-corrected chi connectivity index (χ3v) is 5.28. The minimum atomic E-state index is -4.49. The van der Waals surface area contributed by atoms with Crippen molar-refractivity contribution in [2.24, 2.45) is 10.2 Å². The average molecular weight is 428 g/mol. The number of carbonyl (C=O) groups is 1. The van der Waals surface area contributed by atoms with Crippen molar-refractivity contribution < 1.29 is 23.1 Å². The van der Waals surface area contributed by atoms with Gasteiger partial charge in [0.2, 0.25) is 5.91 Å². The van der Waals surface area contributed by atoms with Crippen LogP contribution in [0, 0.1) is 0 Å². The number of amidine groups is 1. The van der Waals surface area contributed by atoms with Crippen LogP contribution in [0.3, 0.4) is 0 Å². The van der Waals surface area contributed by atoms with E-state index in [1.165, 1.54) is 18.3 Å². The smallest absolute Gasteiger partial charge is 0.416 e. The number of halogens is 4. The Labute approximate surface area is 167 Å². The van der Waals surface area contributed by atoms with Crippen LogP contribution in [0.5, 0.6) is 5.75 Å². The lowest BCUT2D eigenvalue weighted by molar-refractivity contribution is -0.137. The van der Waals surface area contributed by atoms with Crippen molar-refractivity contribution in [3.8, 4) is 5.75 Å². The number of carbonyl (C=O) groups excluding carboxylic acids is 1. The molecule has 2 N–H and O–H groups in total. The zero-order valence-electron chi connectivity index (χ0n) is 14.1. The molecule has 1 amide bonds. The van der Waals surface area contributed by atoms with Crippen molar-refractivity contribution in [2.75, 3.05) is 0 Å². The van der Waals surface area contributed by atoms with Crippen LogP contribution in [0.1, 0.15) is 16.7 Å². The zero-order chi connectivity index (χ0) is 20.3. The van der Waals surface area contributed by atoms with Gasteiger partial charge in [-0.2, -0.15) is 18.3 Å². The summed E-state index contributed by atoms with van der Waals surface area (Å²) in [5.74, 6) is -0.360. The van der Waals surface area contributed by atoms with Crippen molar-refractivity contribution in [1.29, 1.82) is 0 Å². The first-order valence-corrected chi connectivity index (χ1v) is 9.22. The van der Waals surface area contributed by atoms with Crippen molar-refractivity contribution in [1.82, 2.24) is 5.32 Å². The first-order chi connectivity index (χ1) is 13.2. The van der Waals surface area contributed by atoms with Crippen LogP contribution in [-0.4, -0.2) is 27.6 Å². The van der Waals surface area contributed by atoms with E-state index in [4.69, 9.17) is 11.6 Å². The molecule has 0 unspecified atom stereocenters. The highest BCUT2D eigenvalue weighted by molar-refractivity contribution is 8.15. The van der Waals surface area contributed by atoms with E-state index in [0.29, 0.717) is 5.56 Å². The van der Waals surface area contributed by atoms with E-state index in [2.05, 4.69) is 15.5 Å². The second-order valence-electron chi connectivity index (χ2n) is 5.81. The lowest BCUT2D eigenvalue weighted by atomic mass is 10.1. The van der Waals surface area contributed by atoms with E-state index in [0.717, 1.165) is 23.9 Å². The van der Waals surface area contributed by atoms with Crippen LogP contribution < -0.4 is 5.32 Å². The zero-order valence-corrected chi connectivity index (χ0v) is 15.6. The Morgan fingerprint density at radius 1 is 1.25 bits per heavy atom. The Bertz CT molecular complexity index is 963. The molecule has 0 aliphatic carbocycles. The average Bonchev–Trinajstić information content (AvgIpc) is 2.97. The highest BCUT2D eigenvalue weighted by atomic mass is 35.5. The number of phenols is 1. The highest BCUT2D eigenvalue weighted by Gasteiger charge is 2.34. The Balaban J connectivity index is 1.71. The predicted octanol–water partition coefficient (Wildman–Crippen LogP) is 4.23. The summed E-state index contributed by atoms with van der Waals surface area (Å²) in [6.07, 6.45) is -3.15. The summed E-state index contributed by atoms with van der Waals surface area (Å²) < 4.78 is 38.6. The molecule has 0 bridgehead atoms. The Hall–Kier alpha value is -2.52. The number of hydrogen-bond acceptors (Lipinski definition) is 5. The number of nitrogens with zero attached hydrogens (tertiary/aromatic N) is 2. The van der Waals surface area contributed by atoms with Crippen LogP contribution in [0.4, 0.5) is 13.2 Å². The molecule has 3 rings (SSSR count). The number of para-hydroxylation sites is 1. The second kappa shape index (κ2) is 8.24. The van der Waals surface area contributed by atoms with E-state index in [1.807, 2.05) is 0 Å². The van der Waals surface area contributed by atoms with Gasteiger partial charge in [-0.05, 0) is 42.3 Å². The molecule has 1 saturated heterocycles. The normalized spacial score (nSPS) is 18.8. The molecule has 0 aromatic heterocycles. The number of amides is 1. The maximum Gasteiger partial charge on any atom is 0.416 e. The molecule has 1 aliphatic rings. The minimum Gasteiger partial charge on any atom is -0.507 e. The standard InChI is InChI=1S/C18H13ClF3N3O2S/c19-13-6-5-12(18(20,21)22)7-11(13)8-15-16(27)24-17(28-15)25-23-9-10-3-1-2-4-14(10)26/h1-7,9,15,26H,8H2,(H,24,25,27)/b23-9+/t15-/m1/s1. The van der Waals surface area contributed by atoms with E-state index >= 15 is 0 Å². The molecule has 146 valence electrons. The van der Waals surface area contributed by atoms with Gasteiger partial charge in [0.05, 0.1) is 17.0 Å². The number of aromatic hydroxyl groups is 1. The van der Waals surface area contributed by atoms with Crippen LogP contribution >= 0.6 is 23.4 Å². The van der Waals surface area contributed by atoms with Crippen molar-refractivity contribution in [2.45, 2.75) is 17.8 Å². The van der Waals surface area contributed by atoms with Crippen LogP contribution in [-0.2, 0) is 17.4 Å². The fraction of sp³-hybridized carbons (Fsp3) is 0.167. The van der Waals surface area contributed by atoms with Gasteiger partial charge >= 0.3 is 6.18 Å². The monoisotopic (exact) mass is 427 g/mol. The van der Waals surface area contributed by atoms with Crippen molar-refractivity contribution in [3.63, 3.8) is 0 Å². The molecule has 5 nitrogen and oxygen atoms in total. The van der Waals surface area contributed by atoms with Crippen LogP contribution in [0.2, 0.25) is 5.02 Å². The number of rotatable bonds is 4. The maximum absolute atomic E-state index is 12.9. The molecule has 0 spiro atoms. The van der Waals surface area contributed by atoms with E-state index < -0.39 is 22.9 Å². The van der Waals surface area contributed by atoms with Gasteiger partial charge in [-0.25, -0.2) is 0 Å². The molecular weight excluding hydrogens is 415 g/mol. The molecule has 1 aliphatic heterocycles. The molecule has 10 heteroatoms. The highest BCUT2D eigenvalue weighted by Crippen LogP contribution is 2.33. The number of phenolic OH excluding ortho intramolecular Hbond substituents is 1. The molecule has 2 aromatic rings. The summed E-state index contributed by atoms with van der Waals surface area (Å²) in [5, 5.41) is 19.6. The maximum atomic E-state index is 12.9. The lowest BCUT2D eigenvalue weighted by Gasteiger charge is -2.12.